The van der Waals surface area contributed by atoms with E-state index >= 15 is 0 Å². The van der Waals surface area contributed by atoms with Gasteiger partial charge < -0.3 is 13.9 Å². The van der Waals surface area contributed by atoms with Gasteiger partial charge in [-0.2, -0.15) is 0 Å². The minimum absolute atomic E-state index is 0.166. The Balaban J connectivity index is 1.21. The average molecular weight is 743 g/mol. The van der Waals surface area contributed by atoms with E-state index in [9.17, 15) is 0 Å². The minimum Gasteiger partial charge on any atom is -0.456 e. The number of nitrogens with zero attached hydrogens (tertiary/aromatic N) is 2. The van der Waals surface area contributed by atoms with E-state index < -0.39 is 0 Å². The molecule has 0 spiro atoms. The molecule has 0 bridgehead atoms. The molecule has 11 aromatic rings. The number of para-hydroxylation sites is 3. The fraction of sp³-hybridized carbons (Fsp3) is 0.0545. The molecule has 0 aliphatic heterocycles. The molecule has 0 N–H and O–H groups in total. The Bertz CT molecular complexity index is 3430. The predicted octanol–water partition coefficient (Wildman–Crippen LogP) is 15.3. The molecule has 3 heteroatoms. The van der Waals surface area contributed by atoms with Crippen molar-refractivity contribution in [2.24, 2.45) is 0 Å². The first kappa shape index (κ1) is 32.8. The van der Waals surface area contributed by atoms with Gasteiger partial charge in [0.15, 0.2) is 0 Å². The Kier molecular flexibility index (Phi) is 6.98. The lowest BCUT2D eigenvalue weighted by atomic mass is 9.82. The van der Waals surface area contributed by atoms with Gasteiger partial charge in [0, 0.05) is 49.6 Å². The number of benzene rings is 9. The molecule has 1 aliphatic rings. The molecule has 0 amide bonds. The molecule has 0 atom stereocenters. The molecule has 2 aromatic heterocycles. The van der Waals surface area contributed by atoms with Crippen molar-refractivity contribution in [3.8, 4) is 27.9 Å². The molecular formula is C55H38N2O. The van der Waals surface area contributed by atoms with Crippen LogP contribution in [0.3, 0.4) is 0 Å². The number of anilines is 3. The summed E-state index contributed by atoms with van der Waals surface area (Å²) in [5.74, 6) is 0. The van der Waals surface area contributed by atoms with Crippen molar-refractivity contribution in [1.82, 2.24) is 4.57 Å². The van der Waals surface area contributed by atoms with Gasteiger partial charge in [-0.15, -0.1) is 0 Å². The summed E-state index contributed by atoms with van der Waals surface area (Å²) in [6.45, 7) is 4.72. The first-order chi connectivity index (χ1) is 28.5. The fourth-order valence-electron chi connectivity index (χ4n) is 9.92. The van der Waals surface area contributed by atoms with Crippen molar-refractivity contribution >= 4 is 71.6 Å². The van der Waals surface area contributed by atoms with Crippen LogP contribution in [0.4, 0.5) is 17.1 Å². The second-order valence-electron chi connectivity index (χ2n) is 16.1. The molecule has 1 aliphatic carbocycles. The van der Waals surface area contributed by atoms with Gasteiger partial charge in [-0.1, -0.05) is 147 Å². The highest BCUT2D eigenvalue weighted by Gasteiger charge is 2.36. The highest BCUT2D eigenvalue weighted by atomic mass is 16.3. The first-order valence-corrected chi connectivity index (χ1v) is 20.1. The van der Waals surface area contributed by atoms with Gasteiger partial charge in [-0.3, -0.25) is 0 Å². The molecule has 3 nitrogen and oxygen atoms in total. The van der Waals surface area contributed by atoms with Crippen molar-refractivity contribution in [2.75, 3.05) is 4.90 Å². The van der Waals surface area contributed by atoms with Crippen molar-refractivity contribution in [1.29, 1.82) is 0 Å². The maximum atomic E-state index is 6.63. The molecule has 0 saturated heterocycles. The molecule has 12 rings (SSSR count). The SMILES string of the molecule is CC1(C)c2ccccc2-c2ccc(N(c3ccc4c5ccccc5n(-c5ccccc5)c4c3)c3ccc4oc5ccccc5c4c3-c3cccc4ccccc34)cc21. The van der Waals surface area contributed by atoms with E-state index in [2.05, 4.69) is 217 Å². The number of rotatable bonds is 5. The summed E-state index contributed by atoms with van der Waals surface area (Å²) < 4.78 is 9.04. The monoisotopic (exact) mass is 742 g/mol. The van der Waals surface area contributed by atoms with Crippen molar-refractivity contribution in [3.63, 3.8) is 0 Å². The summed E-state index contributed by atoms with van der Waals surface area (Å²) in [6.07, 6.45) is 0. The van der Waals surface area contributed by atoms with Crippen LogP contribution in [0.5, 0.6) is 0 Å². The van der Waals surface area contributed by atoms with Crippen LogP contribution in [-0.2, 0) is 5.41 Å². The fourth-order valence-corrected chi connectivity index (χ4v) is 9.92. The normalized spacial score (nSPS) is 13.1. The smallest absolute Gasteiger partial charge is 0.136 e. The summed E-state index contributed by atoms with van der Waals surface area (Å²) in [5, 5.41) is 7.08. The highest BCUT2D eigenvalue weighted by Crippen LogP contribution is 2.53. The topological polar surface area (TPSA) is 21.3 Å². The number of hydrogen-bond donors (Lipinski definition) is 0. The summed E-state index contributed by atoms with van der Waals surface area (Å²) in [4.78, 5) is 2.49. The van der Waals surface area contributed by atoms with Gasteiger partial charge in [0.05, 0.1) is 16.7 Å². The van der Waals surface area contributed by atoms with Crippen LogP contribution in [0.2, 0.25) is 0 Å². The molecule has 0 radical (unpaired) electrons. The van der Waals surface area contributed by atoms with E-state index in [-0.39, 0.29) is 5.41 Å². The zero-order valence-corrected chi connectivity index (χ0v) is 32.3. The third-order valence-electron chi connectivity index (χ3n) is 12.6. The van der Waals surface area contributed by atoms with E-state index in [0.717, 1.165) is 55.8 Å². The standard InChI is InChI=1S/C55H38N2O/c1-55(2)46-24-11-8-20-40(46)41-29-27-37(33-47(41)55)56(38-28-30-43-42-21-9-12-25-48(42)57(50(43)34-38)36-17-4-3-5-18-36)49-31-32-52-54(45-22-10-13-26-51(45)58-52)53(49)44-23-14-16-35-15-6-7-19-39(35)44/h3-34H,1-2H3. The number of aromatic nitrogens is 1. The molecule has 58 heavy (non-hydrogen) atoms. The zero-order chi connectivity index (χ0) is 38.5. The van der Waals surface area contributed by atoms with Crippen molar-refractivity contribution in [3.05, 3.63) is 205 Å². The summed E-state index contributed by atoms with van der Waals surface area (Å²) >= 11 is 0. The van der Waals surface area contributed by atoms with Crippen LogP contribution in [0.1, 0.15) is 25.0 Å². The van der Waals surface area contributed by atoms with E-state index in [0.29, 0.717) is 0 Å². The van der Waals surface area contributed by atoms with E-state index in [4.69, 9.17) is 4.42 Å². The summed E-state index contributed by atoms with van der Waals surface area (Å²) in [6, 6.07) is 70.8. The van der Waals surface area contributed by atoms with Crippen LogP contribution in [0.15, 0.2) is 199 Å². The minimum atomic E-state index is -0.166. The Labute approximate surface area is 336 Å². The molecule has 0 unspecified atom stereocenters. The van der Waals surface area contributed by atoms with Crippen molar-refractivity contribution < 1.29 is 4.42 Å². The van der Waals surface area contributed by atoms with E-state index in [1.807, 2.05) is 0 Å². The maximum Gasteiger partial charge on any atom is 0.136 e. The Morgan fingerprint density at radius 2 is 1.10 bits per heavy atom. The van der Waals surface area contributed by atoms with Gasteiger partial charge in [-0.05, 0) is 99.3 Å². The van der Waals surface area contributed by atoms with Crippen LogP contribution >= 0.6 is 0 Å². The second-order valence-corrected chi connectivity index (χ2v) is 16.1. The largest absolute Gasteiger partial charge is 0.456 e. The van der Waals surface area contributed by atoms with E-state index in [1.54, 1.807) is 0 Å². The molecule has 0 fully saturated rings. The third-order valence-corrected chi connectivity index (χ3v) is 12.6. The molecule has 0 saturated carbocycles. The van der Waals surface area contributed by atoms with Crippen molar-refractivity contribution in [2.45, 2.75) is 19.3 Å². The quantitative estimate of drug-likeness (QED) is 0.175. The van der Waals surface area contributed by atoms with Crippen LogP contribution < -0.4 is 4.90 Å². The van der Waals surface area contributed by atoms with Crippen LogP contribution in [-0.4, -0.2) is 4.57 Å². The second kappa shape index (κ2) is 12.3. The highest BCUT2D eigenvalue weighted by molar-refractivity contribution is 6.19. The number of fused-ring (bicyclic) bond motifs is 10. The average Bonchev–Trinajstić information content (AvgIpc) is 3.89. The van der Waals surface area contributed by atoms with Crippen LogP contribution in [0, 0.1) is 0 Å². The molecular weight excluding hydrogens is 705 g/mol. The van der Waals surface area contributed by atoms with E-state index in [1.165, 1.54) is 54.9 Å². The van der Waals surface area contributed by atoms with Gasteiger partial charge in [0.25, 0.3) is 0 Å². The molecule has 9 aromatic carbocycles. The van der Waals surface area contributed by atoms with Gasteiger partial charge in [0.1, 0.15) is 11.2 Å². The molecule has 2 heterocycles. The lowest BCUT2D eigenvalue weighted by Gasteiger charge is -2.30. The summed E-state index contributed by atoms with van der Waals surface area (Å²) in [7, 11) is 0. The predicted molar refractivity (Wildman–Crippen MR) is 243 cm³/mol. The maximum absolute atomic E-state index is 6.63. The first-order valence-electron chi connectivity index (χ1n) is 20.1. The Morgan fingerprint density at radius 3 is 2.00 bits per heavy atom. The lowest BCUT2D eigenvalue weighted by molar-refractivity contribution is 0.660. The van der Waals surface area contributed by atoms with Gasteiger partial charge in [0.2, 0.25) is 0 Å². The Morgan fingerprint density at radius 1 is 0.448 bits per heavy atom. The number of hydrogen-bond acceptors (Lipinski definition) is 2. The Hall–Kier alpha value is -7.36. The third kappa shape index (κ3) is 4.68. The molecule has 274 valence electrons. The summed E-state index contributed by atoms with van der Waals surface area (Å²) in [5.41, 5.74) is 16.0. The van der Waals surface area contributed by atoms with Gasteiger partial charge in [-0.25, -0.2) is 0 Å². The lowest BCUT2D eigenvalue weighted by Crippen LogP contribution is -2.17. The van der Waals surface area contributed by atoms with Crippen LogP contribution in [0.25, 0.3) is 82.5 Å². The zero-order valence-electron chi connectivity index (χ0n) is 32.3. The van der Waals surface area contributed by atoms with Gasteiger partial charge >= 0.3 is 0 Å². The number of furan rings is 1.